The molecule has 0 saturated heterocycles. The Morgan fingerprint density at radius 2 is 1.72 bits per heavy atom. The summed E-state index contributed by atoms with van der Waals surface area (Å²) in [4.78, 5) is 29.5. The minimum atomic E-state index is -0.601. The summed E-state index contributed by atoms with van der Waals surface area (Å²) >= 11 is 1.29. The first-order valence-electron chi connectivity index (χ1n) is 9.40. The molecular weight excluding hydrogens is 380 g/mol. The maximum absolute atomic E-state index is 12.6. The average molecular weight is 403 g/mol. The van der Waals surface area contributed by atoms with Gasteiger partial charge in [0, 0.05) is 22.8 Å². The zero-order valence-corrected chi connectivity index (χ0v) is 17.5. The van der Waals surface area contributed by atoms with Gasteiger partial charge in [0.1, 0.15) is 5.92 Å². The van der Waals surface area contributed by atoms with E-state index in [0.29, 0.717) is 21.9 Å². The predicted molar refractivity (Wildman–Crippen MR) is 117 cm³/mol. The number of hydrogen-bond acceptors (Lipinski definition) is 5. The number of nitriles is 1. The Bertz CT molecular complexity index is 1030. The Hall–Kier alpha value is -2.97. The smallest absolute Gasteiger partial charge is 0.173 e. The molecule has 146 valence electrons. The molecule has 29 heavy (non-hydrogen) atoms. The predicted octanol–water partition coefficient (Wildman–Crippen LogP) is 5.11. The third kappa shape index (κ3) is 4.55. The lowest BCUT2D eigenvalue weighted by atomic mass is 9.78. The third-order valence-electron chi connectivity index (χ3n) is 4.98. The van der Waals surface area contributed by atoms with E-state index >= 15 is 0 Å². The van der Waals surface area contributed by atoms with Crippen LogP contribution < -0.4 is 0 Å². The normalized spacial score (nSPS) is 18.8. The van der Waals surface area contributed by atoms with E-state index in [1.54, 1.807) is 6.92 Å². The summed E-state index contributed by atoms with van der Waals surface area (Å²) in [6.45, 7) is 5.28. The summed E-state index contributed by atoms with van der Waals surface area (Å²) in [5.74, 6) is -0.877. The van der Waals surface area contributed by atoms with Crippen molar-refractivity contribution in [2.75, 3.05) is 5.75 Å². The molecule has 2 aromatic rings. The fraction of sp³-hybridized carbons (Fsp3) is 0.250. The number of aryl methyl sites for hydroxylation is 1. The summed E-state index contributed by atoms with van der Waals surface area (Å²) < 4.78 is 0. The molecule has 0 radical (unpaired) electrons. The number of Topliss-reactive ketones (excluding diaryl/α,β-unsaturated/α-hetero) is 2. The summed E-state index contributed by atoms with van der Waals surface area (Å²) in [6.07, 6.45) is 0. The quantitative estimate of drug-likeness (QED) is 0.652. The van der Waals surface area contributed by atoms with Gasteiger partial charge in [-0.05, 0) is 26.3 Å². The number of aliphatic imine (C=N–C) groups is 1. The topological polar surface area (TPSA) is 70.3 Å². The van der Waals surface area contributed by atoms with Crippen molar-refractivity contribution in [2.45, 2.75) is 26.7 Å². The van der Waals surface area contributed by atoms with Crippen LogP contribution in [0.4, 0.5) is 0 Å². The van der Waals surface area contributed by atoms with Crippen LogP contribution in [0, 0.1) is 24.2 Å². The van der Waals surface area contributed by atoms with Crippen LogP contribution in [-0.2, 0) is 4.79 Å². The van der Waals surface area contributed by atoms with Gasteiger partial charge >= 0.3 is 0 Å². The molecular formula is C24H22N2O2S. The van der Waals surface area contributed by atoms with E-state index in [0.717, 1.165) is 11.1 Å². The molecule has 0 aromatic heterocycles. The maximum atomic E-state index is 12.6. The molecule has 1 aliphatic heterocycles. The van der Waals surface area contributed by atoms with Crippen LogP contribution in [0.3, 0.4) is 0 Å². The molecule has 2 atom stereocenters. The van der Waals surface area contributed by atoms with Crippen molar-refractivity contribution in [2.24, 2.45) is 10.9 Å². The van der Waals surface area contributed by atoms with Crippen LogP contribution in [0.25, 0.3) is 0 Å². The average Bonchev–Trinajstić information content (AvgIpc) is 2.72. The number of rotatable bonds is 5. The number of nitrogens with zero attached hydrogens (tertiary/aromatic N) is 2. The van der Waals surface area contributed by atoms with Gasteiger partial charge in [-0.1, -0.05) is 60.2 Å². The largest absolute Gasteiger partial charge is 0.295 e. The SMILES string of the molecule is CC(=O)C1=C(C)N=C(SCC(=O)c2ccc(C)cc2)C(C#N)[C@@H]1c1ccccc1. The molecule has 1 heterocycles. The molecule has 1 unspecified atom stereocenters. The van der Waals surface area contributed by atoms with E-state index in [-0.39, 0.29) is 23.2 Å². The second-order valence-corrected chi connectivity index (χ2v) is 8.07. The van der Waals surface area contributed by atoms with Gasteiger partial charge in [0.15, 0.2) is 11.6 Å². The van der Waals surface area contributed by atoms with E-state index in [9.17, 15) is 14.9 Å². The van der Waals surface area contributed by atoms with E-state index < -0.39 is 5.92 Å². The second kappa shape index (κ2) is 9.02. The van der Waals surface area contributed by atoms with Crippen molar-refractivity contribution in [1.29, 1.82) is 5.26 Å². The highest BCUT2D eigenvalue weighted by molar-refractivity contribution is 8.14. The zero-order chi connectivity index (χ0) is 21.0. The van der Waals surface area contributed by atoms with Crippen LogP contribution >= 0.6 is 11.8 Å². The minimum absolute atomic E-state index is 0.00958. The van der Waals surface area contributed by atoms with E-state index in [2.05, 4.69) is 11.1 Å². The molecule has 0 N–H and O–H groups in total. The van der Waals surface area contributed by atoms with Crippen molar-refractivity contribution in [3.8, 4) is 6.07 Å². The lowest BCUT2D eigenvalue weighted by Crippen LogP contribution is -2.28. The number of ketones is 2. The number of carbonyl (C=O) groups excluding carboxylic acids is 2. The number of thioether (sulfide) groups is 1. The van der Waals surface area contributed by atoms with Gasteiger partial charge in [-0.2, -0.15) is 5.26 Å². The fourth-order valence-electron chi connectivity index (χ4n) is 3.54. The number of hydrogen-bond donors (Lipinski definition) is 0. The van der Waals surface area contributed by atoms with Crippen molar-refractivity contribution in [1.82, 2.24) is 0 Å². The Morgan fingerprint density at radius 1 is 1.07 bits per heavy atom. The minimum Gasteiger partial charge on any atom is -0.295 e. The van der Waals surface area contributed by atoms with Gasteiger partial charge in [-0.3, -0.25) is 9.59 Å². The first-order chi connectivity index (χ1) is 13.9. The fourth-order valence-corrected chi connectivity index (χ4v) is 4.55. The molecule has 1 aliphatic rings. The first kappa shape index (κ1) is 20.8. The van der Waals surface area contributed by atoms with Crippen LogP contribution in [0.1, 0.15) is 41.3 Å². The van der Waals surface area contributed by atoms with Crippen molar-refractivity contribution in [3.05, 3.63) is 82.6 Å². The molecule has 5 heteroatoms. The summed E-state index contributed by atoms with van der Waals surface area (Å²) in [5, 5.41) is 10.5. The Morgan fingerprint density at radius 3 is 2.31 bits per heavy atom. The Balaban J connectivity index is 1.90. The monoisotopic (exact) mass is 402 g/mol. The van der Waals surface area contributed by atoms with Gasteiger partial charge in [0.2, 0.25) is 0 Å². The molecule has 0 fully saturated rings. The standard InChI is InChI=1S/C24H22N2O2S/c1-15-9-11-18(12-10-15)21(28)14-29-24-20(13-25)23(19-7-5-4-6-8-19)22(17(3)27)16(2)26-24/h4-12,20,23H,14H2,1-3H3/t20?,23-/m0/s1. The van der Waals surface area contributed by atoms with Crippen LogP contribution in [-0.4, -0.2) is 22.4 Å². The molecule has 0 saturated carbocycles. The molecule has 0 amide bonds. The highest BCUT2D eigenvalue weighted by Crippen LogP contribution is 2.41. The van der Waals surface area contributed by atoms with Crippen LogP contribution in [0.15, 0.2) is 70.9 Å². The molecule has 0 aliphatic carbocycles. The highest BCUT2D eigenvalue weighted by atomic mass is 32.2. The van der Waals surface area contributed by atoms with Gasteiger partial charge < -0.3 is 0 Å². The van der Waals surface area contributed by atoms with Crippen molar-refractivity contribution < 1.29 is 9.59 Å². The van der Waals surface area contributed by atoms with E-state index in [4.69, 9.17) is 0 Å². The number of benzene rings is 2. The summed E-state index contributed by atoms with van der Waals surface area (Å²) in [6, 6.07) is 19.3. The van der Waals surface area contributed by atoms with Gasteiger partial charge in [0.25, 0.3) is 0 Å². The highest BCUT2D eigenvalue weighted by Gasteiger charge is 2.37. The van der Waals surface area contributed by atoms with Gasteiger partial charge in [0.05, 0.1) is 16.9 Å². The number of carbonyl (C=O) groups is 2. The van der Waals surface area contributed by atoms with E-state index in [1.807, 2.05) is 61.5 Å². The second-order valence-electron chi connectivity index (χ2n) is 7.08. The lowest BCUT2D eigenvalue weighted by Gasteiger charge is -2.29. The lowest BCUT2D eigenvalue weighted by molar-refractivity contribution is -0.114. The maximum Gasteiger partial charge on any atom is 0.173 e. The van der Waals surface area contributed by atoms with Crippen molar-refractivity contribution in [3.63, 3.8) is 0 Å². The Kier molecular flexibility index (Phi) is 6.46. The summed E-state index contributed by atoms with van der Waals surface area (Å²) in [7, 11) is 0. The van der Waals surface area contributed by atoms with Crippen molar-refractivity contribution >= 4 is 28.4 Å². The van der Waals surface area contributed by atoms with E-state index in [1.165, 1.54) is 18.7 Å². The first-order valence-corrected chi connectivity index (χ1v) is 10.4. The van der Waals surface area contributed by atoms with Gasteiger partial charge in [-0.15, -0.1) is 11.8 Å². The zero-order valence-electron chi connectivity index (χ0n) is 16.7. The molecule has 0 bridgehead atoms. The molecule has 4 nitrogen and oxygen atoms in total. The third-order valence-corrected chi connectivity index (χ3v) is 6.03. The molecule has 0 spiro atoms. The van der Waals surface area contributed by atoms with Crippen LogP contribution in [0.5, 0.6) is 0 Å². The molecule has 3 rings (SSSR count). The van der Waals surface area contributed by atoms with Gasteiger partial charge in [-0.25, -0.2) is 4.99 Å². The van der Waals surface area contributed by atoms with Crippen LogP contribution in [0.2, 0.25) is 0 Å². The summed E-state index contributed by atoms with van der Waals surface area (Å²) in [5.41, 5.74) is 3.82. The number of allylic oxidation sites excluding steroid dienone is 2. The molecule has 2 aromatic carbocycles. The Labute approximate surface area is 175 Å².